The van der Waals surface area contributed by atoms with Gasteiger partial charge in [0.05, 0.1) is 12.7 Å². The number of rotatable bonds is 11. The van der Waals surface area contributed by atoms with Crippen molar-refractivity contribution in [2.24, 2.45) is 0 Å². The van der Waals surface area contributed by atoms with E-state index in [1.807, 2.05) is 0 Å². The molecule has 0 saturated heterocycles. The van der Waals surface area contributed by atoms with Crippen molar-refractivity contribution in [1.29, 1.82) is 0 Å². The third-order valence-corrected chi connectivity index (χ3v) is 10.6. The molecule has 2 aromatic rings. The highest BCUT2D eigenvalue weighted by molar-refractivity contribution is 6.99. The van der Waals surface area contributed by atoms with E-state index < -0.39 is 8.32 Å². The van der Waals surface area contributed by atoms with Crippen molar-refractivity contribution in [2.45, 2.75) is 70.9 Å². The summed E-state index contributed by atoms with van der Waals surface area (Å²) in [5.41, 5.74) is 0. The molecule has 0 bridgehead atoms. The fourth-order valence-electron chi connectivity index (χ4n) is 3.98. The van der Waals surface area contributed by atoms with E-state index in [2.05, 4.69) is 101 Å². The first-order chi connectivity index (χ1) is 14.0. The molecule has 3 heteroatoms. The molecule has 0 aliphatic rings. The minimum Gasteiger partial charge on any atom is -0.402 e. The average molecular weight is 411 g/mol. The number of aliphatic hydroxyl groups is 1. The zero-order chi connectivity index (χ0) is 21.2. The van der Waals surface area contributed by atoms with Crippen LogP contribution in [0.4, 0.5) is 0 Å². The first kappa shape index (κ1) is 23.6. The van der Waals surface area contributed by atoms with Gasteiger partial charge in [-0.2, -0.15) is 0 Å². The van der Waals surface area contributed by atoms with Crippen LogP contribution in [0.2, 0.25) is 5.04 Å². The van der Waals surface area contributed by atoms with E-state index in [9.17, 15) is 5.11 Å². The van der Waals surface area contributed by atoms with Crippen molar-refractivity contribution < 1.29 is 9.53 Å². The van der Waals surface area contributed by atoms with Crippen LogP contribution in [0.25, 0.3) is 0 Å². The number of hydrogen-bond donors (Lipinski definition) is 1. The summed E-state index contributed by atoms with van der Waals surface area (Å²) in [7, 11) is -2.61. The lowest BCUT2D eigenvalue weighted by atomic mass is 10.2. The summed E-state index contributed by atoms with van der Waals surface area (Å²) in [5.74, 6) is 0. The quantitative estimate of drug-likeness (QED) is 0.303. The highest BCUT2D eigenvalue weighted by atomic mass is 28.4. The van der Waals surface area contributed by atoms with Gasteiger partial charge in [-0.3, -0.25) is 0 Å². The lowest BCUT2D eigenvalue weighted by Gasteiger charge is -2.45. The Balaban J connectivity index is 2.37. The van der Waals surface area contributed by atoms with Crippen molar-refractivity contribution in [3.8, 4) is 0 Å². The van der Waals surface area contributed by atoms with E-state index >= 15 is 0 Å². The molecule has 158 valence electrons. The van der Waals surface area contributed by atoms with Crippen LogP contribution in [0.5, 0.6) is 0 Å². The van der Waals surface area contributed by atoms with Crippen LogP contribution in [0.1, 0.15) is 59.8 Å². The maximum atomic E-state index is 10.2. The van der Waals surface area contributed by atoms with Crippen LogP contribution in [0.15, 0.2) is 72.8 Å². The van der Waals surface area contributed by atoms with E-state index in [1.165, 1.54) is 29.6 Å². The number of benzene rings is 2. The zero-order valence-corrected chi connectivity index (χ0v) is 19.6. The van der Waals surface area contributed by atoms with Crippen molar-refractivity contribution in [3.63, 3.8) is 0 Å². The number of aliphatic hydroxyl groups excluding tert-OH is 1. The molecule has 0 aromatic heterocycles. The van der Waals surface area contributed by atoms with Gasteiger partial charge in [-0.05, 0) is 34.7 Å². The number of allylic oxidation sites excluding steroid dienone is 1. The highest BCUT2D eigenvalue weighted by Crippen LogP contribution is 2.37. The maximum Gasteiger partial charge on any atom is 0.261 e. The average Bonchev–Trinajstić information content (AvgIpc) is 2.73. The largest absolute Gasteiger partial charge is 0.402 e. The number of hydrogen-bond acceptors (Lipinski definition) is 2. The van der Waals surface area contributed by atoms with Crippen LogP contribution in [-0.2, 0) is 4.43 Å². The molecule has 2 rings (SSSR count). The lowest BCUT2D eigenvalue weighted by Crippen LogP contribution is -2.68. The maximum absolute atomic E-state index is 10.2. The van der Waals surface area contributed by atoms with Gasteiger partial charge >= 0.3 is 0 Å². The molecular weight excluding hydrogens is 372 g/mol. The van der Waals surface area contributed by atoms with E-state index in [1.54, 1.807) is 0 Å². The standard InChI is InChI=1S/C26H38O2Si/c1-5-6-7-8-9-12-17-23(22-27)28-29(26(2,3)4,24-18-13-10-14-19-24)25-20-15-11-16-21-25/h9-16,18-21,23,27H,5-8,17,22H2,1-4H3/t23-/m1/s1. The SMILES string of the molecule is CCCCCC=CC[C@H](CO)O[Si](c1ccccc1)(c1ccccc1)C(C)(C)C. The summed E-state index contributed by atoms with van der Waals surface area (Å²) >= 11 is 0. The van der Waals surface area contributed by atoms with Gasteiger partial charge in [-0.1, -0.05) is 113 Å². The van der Waals surface area contributed by atoms with E-state index in [4.69, 9.17) is 4.43 Å². The molecule has 1 N–H and O–H groups in total. The summed E-state index contributed by atoms with van der Waals surface area (Å²) in [4.78, 5) is 0. The van der Waals surface area contributed by atoms with Crippen LogP contribution < -0.4 is 10.4 Å². The van der Waals surface area contributed by atoms with Gasteiger partial charge in [0.2, 0.25) is 0 Å². The Morgan fingerprint density at radius 2 is 1.45 bits per heavy atom. The summed E-state index contributed by atoms with van der Waals surface area (Å²) < 4.78 is 6.99. The van der Waals surface area contributed by atoms with Crippen LogP contribution in [0, 0.1) is 0 Å². The Bertz CT molecular complexity index is 680. The van der Waals surface area contributed by atoms with Crippen molar-refractivity contribution in [3.05, 3.63) is 72.8 Å². The molecular formula is C26H38O2Si. The third-order valence-electron chi connectivity index (χ3n) is 5.50. The van der Waals surface area contributed by atoms with E-state index in [-0.39, 0.29) is 17.7 Å². The van der Waals surface area contributed by atoms with Crippen LogP contribution >= 0.6 is 0 Å². The molecule has 0 aliphatic carbocycles. The minimum atomic E-state index is -2.61. The van der Waals surface area contributed by atoms with Gasteiger partial charge in [0.15, 0.2) is 0 Å². The molecule has 0 fully saturated rings. The van der Waals surface area contributed by atoms with Crippen molar-refractivity contribution >= 4 is 18.7 Å². The van der Waals surface area contributed by atoms with Gasteiger partial charge in [-0.15, -0.1) is 0 Å². The first-order valence-electron chi connectivity index (χ1n) is 11.0. The molecule has 2 aromatic carbocycles. The molecule has 0 aliphatic heterocycles. The predicted octanol–water partition coefficient (Wildman–Crippen LogP) is 5.45. The monoisotopic (exact) mass is 410 g/mol. The van der Waals surface area contributed by atoms with E-state index in [0.717, 1.165) is 12.8 Å². The molecule has 0 heterocycles. The first-order valence-corrected chi connectivity index (χ1v) is 12.9. The second kappa shape index (κ2) is 11.5. The van der Waals surface area contributed by atoms with E-state index in [0.29, 0.717) is 0 Å². The zero-order valence-electron chi connectivity index (χ0n) is 18.6. The summed E-state index contributed by atoms with van der Waals surface area (Å²) in [6, 6.07) is 21.3. The second-order valence-electron chi connectivity index (χ2n) is 8.79. The molecule has 29 heavy (non-hydrogen) atoms. The van der Waals surface area contributed by atoms with Gasteiger partial charge in [0, 0.05) is 0 Å². The Labute approximate surface area is 178 Å². The van der Waals surface area contributed by atoms with Crippen LogP contribution in [0.3, 0.4) is 0 Å². The van der Waals surface area contributed by atoms with Gasteiger partial charge in [-0.25, -0.2) is 0 Å². The Kier molecular flexibility index (Phi) is 9.35. The highest BCUT2D eigenvalue weighted by Gasteiger charge is 2.51. The minimum absolute atomic E-state index is 0.0315. The molecule has 2 nitrogen and oxygen atoms in total. The van der Waals surface area contributed by atoms with Crippen molar-refractivity contribution in [1.82, 2.24) is 0 Å². The fraction of sp³-hybridized carbons (Fsp3) is 0.462. The predicted molar refractivity (Wildman–Crippen MR) is 127 cm³/mol. The van der Waals surface area contributed by atoms with Crippen LogP contribution in [-0.4, -0.2) is 26.1 Å². The summed E-state index contributed by atoms with van der Waals surface area (Å²) in [6.07, 6.45) is 9.81. The summed E-state index contributed by atoms with van der Waals surface area (Å²) in [5, 5.41) is 12.6. The Morgan fingerprint density at radius 1 is 0.897 bits per heavy atom. The van der Waals surface area contributed by atoms with Crippen molar-refractivity contribution in [2.75, 3.05) is 6.61 Å². The molecule has 0 amide bonds. The molecule has 0 radical (unpaired) electrons. The molecule has 0 spiro atoms. The Hall–Kier alpha value is -1.68. The smallest absolute Gasteiger partial charge is 0.261 e. The Morgan fingerprint density at radius 3 is 1.90 bits per heavy atom. The topological polar surface area (TPSA) is 29.5 Å². The number of unbranched alkanes of at least 4 members (excludes halogenated alkanes) is 3. The normalized spacial score (nSPS) is 13.7. The van der Waals surface area contributed by atoms with Gasteiger partial charge in [0.1, 0.15) is 0 Å². The van der Waals surface area contributed by atoms with Gasteiger partial charge in [0.25, 0.3) is 8.32 Å². The fourth-order valence-corrected chi connectivity index (χ4v) is 8.66. The molecule has 0 unspecified atom stereocenters. The molecule has 0 saturated carbocycles. The van der Waals surface area contributed by atoms with Gasteiger partial charge < -0.3 is 9.53 Å². The molecule has 1 atom stereocenters. The second-order valence-corrected chi connectivity index (χ2v) is 13.0. The summed E-state index contributed by atoms with van der Waals surface area (Å²) in [6.45, 7) is 9.07. The third kappa shape index (κ3) is 6.15. The lowest BCUT2D eigenvalue weighted by molar-refractivity contribution is 0.109.